The molecule has 1 aromatic heterocycles. The summed E-state index contributed by atoms with van der Waals surface area (Å²) in [6.45, 7) is 8.64. The van der Waals surface area contributed by atoms with E-state index in [0.29, 0.717) is 45.4 Å². The van der Waals surface area contributed by atoms with Crippen LogP contribution in [0.3, 0.4) is 0 Å². The Balaban J connectivity index is 1.83. The molecule has 0 saturated carbocycles. The molecule has 0 spiro atoms. The van der Waals surface area contributed by atoms with Gasteiger partial charge in [-0.15, -0.1) is 11.3 Å². The molecule has 1 N–H and O–H groups in total. The van der Waals surface area contributed by atoms with Gasteiger partial charge in [-0.3, -0.25) is 14.4 Å². The maximum absolute atomic E-state index is 13.0. The number of rotatable bonds is 10. The maximum Gasteiger partial charge on any atom is 0.245 e. The number of carbonyl (C=O) groups excluding carboxylic acids is 3. The molecule has 0 aliphatic carbocycles. The molecule has 1 aliphatic heterocycles. The topological polar surface area (TPSA) is 69.7 Å². The Morgan fingerprint density at radius 2 is 1.96 bits per heavy atom. The molecule has 2 heterocycles. The molecule has 0 bridgehead atoms. The van der Waals surface area contributed by atoms with Gasteiger partial charge in [-0.1, -0.05) is 13.3 Å². The van der Waals surface area contributed by atoms with Crippen molar-refractivity contribution in [2.24, 2.45) is 0 Å². The van der Waals surface area contributed by atoms with E-state index in [0.717, 1.165) is 12.8 Å². The highest BCUT2D eigenvalue weighted by molar-refractivity contribution is 7.10. The Morgan fingerprint density at radius 3 is 2.64 bits per heavy atom. The van der Waals surface area contributed by atoms with Gasteiger partial charge in [-0.25, -0.2) is 0 Å². The first-order valence-electron chi connectivity index (χ1n) is 10.4. The summed E-state index contributed by atoms with van der Waals surface area (Å²) in [4.78, 5) is 42.3. The van der Waals surface area contributed by atoms with E-state index in [9.17, 15) is 14.4 Å². The molecular formula is C21H33N3O3S. The van der Waals surface area contributed by atoms with Crippen molar-refractivity contribution in [3.63, 3.8) is 0 Å². The van der Waals surface area contributed by atoms with Gasteiger partial charge in [0.2, 0.25) is 17.7 Å². The van der Waals surface area contributed by atoms with Crippen LogP contribution in [-0.2, 0) is 27.3 Å². The minimum atomic E-state index is -0.476. The highest BCUT2D eigenvalue weighted by atomic mass is 32.1. The molecule has 0 radical (unpaired) electrons. The Labute approximate surface area is 172 Å². The van der Waals surface area contributed by atoms with E-state index in [1.54, 1.807) is 16.2 Å². The molecule has 7 heteroatoms. The van der Waals surface area contributed by atoms with Crippen molar-refractivity contribution < 1.29 is 14.4 Å². The molecule has 6 nitrogen and oxygen atoms in total. The van der Waals surface area contributed by atoms with Crippen LogP contribution in [0.5, 0.6) is 0 Å². The van der Waals surface area contributed by atoms with E-state index >= 15 is 0 Å². The molecule has 1 aliphatic rings. The monoisotopic (exact) mass is 407 g/mol. The third-order valence-electron chi connectivity index (χ3n) is 5.24. The van der Waals surface area contributed by atoms with E-state index in [2.05, 4.69) is 16.8 Å². The summed E-state index contributed by atoms with van der Waals surface area (Å²) >= 11 is 1.75. The fourth-order valence-corrected chi connectivity index (χ4v) is 4.49. The number of fused-ring (bicyclic) bond motifs is 1. The average Bonchev–Trinajstić information content (AvgIpc) is 3.16. The van der Waals surface area contributed by atoms with Crippen molar-refractivity contribution >= 4 is 29.1 Å². The first-order valence-corrected chi connectivity index (χ1v) is 11.3. The van der Waals surface area contributed by atoms with E-state index in [1.807, 2.05) is 25.7 Å². The van der Waals surface area contributed by atoms with Crippen LogP contribution >= 0.6 is 11.3 Å². The van der Waals surface area contributed by atoms with Gasteiger partial charge in [-0.05, 0) is 50.1 Å². The molecule has 1 atom stereocenters. The average molecular weight is 408 g/mol. The van der Waals surface area contributed by atoms with Gasteiger partial charge in [0.05, 0.1) is 0 Å². The molecule has 3 amide bonds. The molecule has 0 aromatic carbocycles. The van der Waals surface area contributed by atoms with E-state index in [1.165, 1.54) is 10.4 Å². The van der Waals surface area contributed by atoms with E-state index < -0.39 is 6.04 Å². The van der Waals surface area contributed by atoms with Gasteiger partial charge >= 0.3 is 0 Å². The minimum absolute atomic E-state index is 0.00580. The lowest BCUT2D eigenvalue weighted by Crippen LogP contribution is -2.49. The Morgan fingerprint density at radius 1 is 1.21 bits per heavy atom. The first-order chi connectivity index (χ1) is 13.5. The lowest BCUT2D eigenvalue weighted by molar-refractivity contribution is -0.137. The highest BCUT2D eigenvalue weighted by Crippen LogP contribution is 2.24. The van der Waals surface area contributed by atoms with Crippen LogP contribution in [0.2, 0.25) is 0 Å². The fourth-order valence-electron chi connectivity index (χ4n) is 3.60. The second-order valence-corrected chi connectivity index (χ2v) is 8.21. The summed E-state index contributed by atoms with van der Waals surface area (Å²) in [7, 11) is 0. The van der Waals surface area contributed by atoms with Crippen molar-refractivity contribution in [3.05, 3.63) is 21.9 Å². The van der Waals surface area contributed by atoms with Gasteiger partial charge in [0, 0.05) is 43.9 Å². The van der Waals surface area contributed by atoms with Crippen LogP contribution in [0.1, 0.15) is 63.3 Å². The second kappa shape index (κ2) is 11.2. The number of carbonyl (C=O) groups is 3. The predicted molar refractivity (Wildman–Crippen MR) is 112 cm³/mol. The molecule has 0 saturated heterocycles. The standard InChI is InChI=1S/C21H33N3O3S/c1-4-8-17(21(27)24-13-11-18-16(15-24)12-14-28-18)22-19(25)9-7-10-20(26)23(5-2)6-3/h12,14,17H,4-11,13,15H2,1-3H3,(H,22,25). The molecular weight excluding hydrogens is 374 g/mol. The normalized spacial score (nSPS) is 14.3. The van der Waals surface area contributed by atoms with Crippen molar-refractivity contribution in [3.8, 4) is 0 Å². The number of nitrogens with zero attached hydrogens (tertiary/aromatic N) is 2. The van der Waals surface area contributed by atoms with Crippen molar-refractivity contribution in [2.75, 3.05) is 19.6 Å². The Kier molecular flexibility index (Phi) is 8.96. The zero-order valence-corrected chi connectivity index (χ0v) is 18.1. The van der Waals surface area contributed by atoms with Gasteiger partial charge in [0.15, 0.2) is 0 Å². The SMILES string of the molecule is CCCC(NC(=O)CCCC(=O)N(CC)CC)C(=O)N1CCc2sccc2C1. The van der Waals surface area contributed by atoms with E-state index in [4.69, 9.17) is 0 Å². The summed E-state index contributed by atoms with van der Waals surface area (Å²) in [5.74, 6) is -0.0579. The predicted octanol–water partition coefficient (Wildman–Crippen LogP) is 2.96. The van der Waals surface area contributed by atoms with Crippen LogP contribution < -0.4 is 5.32 Å². The highest BCUT2D eigenvalue weighted by Gasteiger charge is 2.28. The van der Waals surface area contributed by atoms with Crippen LogP contribution in [0.15, 0.2) is 11.4 Å². The summed E-state index contributed by atoms with van der Waals surface area (Å²) in [5, 5.41) is 4.98. The number of amides is 3. The number of hydrogen-bond acceptors (Lipinski definition) is 4. The first kappa shape index (κ1) is 22.4. The van der Waals surface area contributed by atoms with Gasteiger partial charge < -0.3 is 15.1 Å². The van der Waals surface area contributed by atoms with Crippen LogP contribution in [0.4, 0.5) is 0 Å². The zero-order valence-electron chi connectivity index (χ0n) is 17.3. The fraction of sp³-hybridized carbons (Fsp3) is 0.667. The van der Waals surface area contributed by atoms with Gasteiger partial charge in [0.1, 0.15) is 6.04 Å². The quantitative estimate of drug-likeness (QED) is 0.648. The third-order valence-corrected chi connectivity index (χ3v) is 6.26. The van der Waals surface area contributed by atoms with Crippen LogP contribution in [0, 0.1) is 0 Å². The summed E-state index contributed by atoms with van der Waals surface area (Å²) in [6.07, 6.45) is 3.50. The summed E-state index contributed by atoms with van der Waals surface area (Å²) < 4.78 is 0. The lowest BCUT2D eigenvalue weighted by Gasteiger charge is -2.31. The molecule has 1 unspecified atom stereocenters. The summed E-state index contributed by atoms with van der Waals surface area (Å²) in [5.41, 5.74) is 1.22. The smallest absolute Gasteiger partial charge is 0.245 e. The molecule has 28 heavy (non-hydrogen) atoms. The number of hydrogen-bond donors (Lipinski definition) is 1. The van der Waals surface area contributed by atoms with Crippen molar-refractivity contribution in [1.29, 1.82) is 0 Å². The second-order valence-electron chi connectivity index (χ2n) is 7.21. The maximum atomic E-state index is 13.0. The van der Waals surface area contributed by atoms with E-state index in [-0.39, 0.29) is 24.1 Å². The molecule has 2 rings (SSSR count). The summed E-state index contributed by atoms with van der Waals surface area (Å²) in [6, 6.07) is 1.61. The zero-order chi connectivity index (χ0) is 20.5. The van der Waals surface area contributed by atoms with Crippen molar-refractivity contribution in [1.82, 2.24) is 15.1 Å². The minimum Gasteiger partial charge on any atom is -0.344 e. The third kappa shape index (κ3) is 6.06. The van der Waals surface area contributed by atoms with Crippen molar-refractivity contribution in [2.45, 2.75) is 71.9 Å². The molecule has 156 valence electrons. The van der Waals surface area contributed by atoms with Crippen LogP contribution in [0.25, 0.3) is 0 Å². The molecule has 1 aromatic rings. The Bertz CT molecular complexity index is 670. The molecule has 0 fully saturated rings. The van der Waals surface area contributed by atoms with Crippen LogP contribution in [-0.4, -0.2) is 53.2 Å². The number of thiophene rings is 1. The van der Waals surface area contributed by atoms with Gasteiger partial charge in [0.25, 0.3) is 0 Å². The van der Waals surface area contributed by atoms with Gasteiger partial charge in [-0.2, -0.15) is 0 Å². The Hall–Kier alpha value is -1.89. The largest absolute Gasteiger partial charge is 0.344 e. The number of nitrogens with one attached hydrogen (secondary N) is 1. The lowest BCUT2D eigenvalue weighted by atomic mass is 10.1.